The number of hydrogen-bond donors (Lipinski definition) is 0. The molecular formula is C19H23NO2S. The second kappa shape index (κ2) is 7.75. The van der Waals surface area contributed by atoms with Gasteiger partial charge >= 0.3 is 0 Å². The van der Waals surface area contributed by atoms with Crippen molar-refractivity contribution < 1.29 is 9.53 Å². The molecule has 3 rings (SSSR count). The second-order valence-corrected chi connectivity index (χ2v) is 7.02. The van der Waals surface area contributed by atoms with Gasteiger partial charge in [0.05, 0.1) is 0 Å². The van der Waals surface area contributed by atoms with Gasteiger partial charge in [0.1, 0.15) is 0 Å². The largest absolute Gasteiger partial charge is 0.381 e. The lowest BCUT2D eigenvalue weighted by atomic mass is 10.0. The molecule has 4 heteroatoms. The molecule has 1 aromatic heterocycles. The molecule has 0 atom stereocenters. The summed E-state index contributed by atoms with van der Waals surface area (Å²) in [5.74, 6) is 0.159. The lowest BCUT2D eigenvalue weighted by molar-refractivity contribution is 0.0293. The van der Waals surface area contributed by atoms with E-state index in [1.807, 2.05) is 31.2 Å². The molecule has 1 aromatic carbocycles. The Labute approximate surface area is 141 Å². The predicted molar refractivity (Wildman–Crippen MR) is 94.1 cm³/mol. The van der Waals surface area contributed by atoms with Crippen molar-refractivity contribution in [2.75, 3.05) is 19.8 Å². The van der Waals surface area contributed by atoms with Crippen LogP contribution in [0, 0.1) is 6.92 Å². The zero-order valence-electron chi connectivity index (χ0n) is 13.5. The topological polar surface area (TPSA) is 29.5 Å². The molecule has 0 N–H and O–H groups in total. The summed E-state index contributed by atoms with van der Waals surface area (Å²) in [6.45, 7) is 4.29. The van der Waals surface area contributed by atoms with Crippen LogP contribution in [0.25, 0.3) is 0 Å². The molecule has 2 aromatic rings. The summed E-state index contributed by atoms with van der Waals surface area (Å²) in [5.41, 5.74) is 1.87. The van der Waals surface area contributed by atoms with Crippen LogP contribution in [-0.4, -0.2) is 36.6 Å². The number of aryl methyl sites for hydroxylation is 1. The third kappa shape index (κ3) is 4.01. The van der Waals surface area contributed by atoms with Crippen LogP contribution in [0.4, 0.5) is 0 Å². The first-order valence-corrected chi connectivity index (χ1v) is 9.10. The lowest BCUT2D eigenvalue weighted by Gasteiger charge is -2.34. The Morgan fingerprint density at radius 3 is 2.70 bits per heavy atom. The number of carbonyl (C=O) groups is 1. The molecule has 1 saturated heterocycles. The van der Waals surface area contributed by atoms with E-state index in [0.29, 0.717) is 0 Å². The number of rotatable bonds is 5. The zero-order chi connectivity index (χ0) is 16.1. The van der Waals surface area contributed by atoms with Crippen LogP contribution in [0.1, 0.15) is 33.6 Å². The van der Waals surface area contributed by atoms with E-state index >= 15 is 0 Å². The molecule has 2 heterocycles. The van der Waals surface area contributed by atoms with Crippen molar-refractivity contribution >= 4 is 17.2 Å². The van der Waals surface area contributed by atoms with Gasteiger partial charge in [-0.15, -0.1) is 11.3 Å². The first-order chi connectivity index (χ1) is 11.3. The molecule has 0 unspecified atom stereocenters. The summed E-state index contributed by atoms with van der Waals surface area (Å²) in [5, 5.41) is 2.09. The highest BCUT2D eigenvalue weighted by Crippen LogP contribution is 2.20. The SMILES string of the molecule is Cc1ccccc1C(=O)N(CCc1cccs1)C1CCOCC1. The highest BCUT2D eigenvalue weighted by atomic mass is 32.1. The number of nitrogens with zero attached hydrogens (tertiary/aromatic N) is 1. The average molecular weight is 329 g/mol. The van der Waals surface area contributed by atoms with E-state index in [4.69, 9.17) is 4.74 Å². The Morgan fingerprint density at radius 1 is 1.22 bits per heavy atom. The number of ether oxygens (including phenoxy) is 1. The molecule has 0 bridgehead atoms. The number of carbonyl (C=O) groups excluding carboxylic acids is 1. The average Bonchev–Trinajstić information content (AvgIpc) is 3.10. The normalized spacial score (nSPS) is 15.5. The minimum Gasteiger partial charge on any atom is -0.381 e. The van der Waals surface area contributed by atoms with Crippen LogP contribution < -0.4 is 0 Å². The van der Waals surface area contributed by atoms with Crippen LogP contribution in [0.2, 0.25) is 0 Å². The molecule has 3 nitrogen and oxygen atoms in total. The van der Waals surface area contributed by atoms with Gasteiger partial charge in [0.25, 0.3) is 5.91 Å². The summed E-state index contributed by atoms with van der Waals surface area (Å²) < 4.78 is 5.47. The minimum absolute atomic E-state index is 0.159. The van der Waals surface area contributed by atoms with Crippen LogP contribution >= 0.6 is 11.3 Å². The van der Waals surface area contributed by atoms with Crippen molar-refractivity contribution in [3.8, 4) is 0 Å². The van der Waals surface area contributed by atoms with Gasteiger partial charge in [-0.2, -0.15) is 0 Å². The maximum atomic E-state index is 13.1. The Morgan fingerprint density at radius 2 is 2.00 bits per heavy atom. The second-order valence-electron chi connectivity index (χ2n) is 5.99. The Kier molecular flexibility index (Phi) is 5.47. The quantitative estimate of drug-likeness (QED) is 0.832. The van der Waals surface area contributed by atoms with Crippen molar-refractivity contribution in [1.82, 2.24) is 4.90 Å². The van der Waals surface area contributed by atoms with Gasteiger partial charge in [-0.25, -0.2) is 0 Å². The van der Waals surface area contributed by atoms with E-state index < -0.39 is 0 Å². The molecule has 0 spiro atoms. The van der Waals surface area contributed by atoms with Gasteiger partial charge in [0.15, 0.2) is 0 Å². The van der Waals surface area contributed by atoms with E-state index in [1.165, 1.54) is 4.88 Å². The van der Waals surface area contributed by atoms with Gasteiger partial charge in [-0.3, -0.25) is 4.79 Å². The van der Waals surface area contributed by atoms with Crippen molar-refractivity contribution in [2.45, 2.75) is 32.2 Å². The summed E-state index contributed by atoms with van der Waals surface area (Å²) in [6, 6.07) is 12.4. The van der Waals surface area contributed by atoms with Gasteiger partial charge < -0.3 is 9.64 Å². The van der Waals surface area contributed by atoms with Crippen molar-refractivity contribution in [1.29, 1.82) is 0 Å². The number of benzene rings is 1. The summed E-state index contributed by atoms with van der Waals surface area (Å²) in [7, 11) is 0. The van der Waals surface area contributed by atoms with E-state index in [9.17, 15) is 4.79 Å². The summed E-state index contributed by atoms with van der Waals surface area (Å²) in [6.07, 6.45) is 2.79. The van der Waals surface area contributed by atoms with Crippen molar-refractivity contribution in [3.05, 3.63) is 57.8 Å². The molecule has 0 saturated carbocycles. The fraction of sp³-hybridized carbons (Fsp3) is 0.421. The molecule has 1 fully saturated rings. The van der Waals surface area contributed by atoms with Gasteiger partial charge in [0.2, 0.25) is 0 Å². The van der Waals surface area contributed by atoms with Gasteiger partial charge in [0, 0.05) is 36.2 Å². The Hall–Kier alpha value is -1.65. The van der Waals surface area contributed by atoms with E-state index in [-0.39, 0.29) is 11.9 Å². The molecule has 1 aliphatic rings. The highest BCUT2D eigenvalue weighted by molar-refractivity contribution is 7.09. The third-order valence-corrected chi connectivity index (χ3v) is 5.38. The molecular weight excluding hydrogens is 306 g/mol. The summed E-state index contributed by atoms with van der Waals surface area (Å²) in [4.78, 5) is 16.5. The molecule has 0 aliphatic carbocycles. The molecule has 122 valence electrons. The fourth-order valence-corrected chi connectivity index (χ4v) is 3.80. The van der Waals surface area contributed by atoms with Gasteiger partial charge in [-0.05, 0) is 49.3 Å². The third-order valence-electron chi connectivity index (χ3n) is 4.45. The van der Waals surface area contributed by atoms with Crippen LogP contribution in [0.5, 0.6) is 0 Å². The Balaban J connectivity index is 1.78. The highest BCUT2D eigenvalue weighted by Gasteiger charge is 2.27. The number of thiophene rings is 1. The maximum absolute atomic E-state index is 13.1. The molecule has 1 aliphatic heterocycles. The standard InChI is InChI=1S/C19H23NO2S/c1-15-5-2-3-7-18(15)19(21)20(16-9-12-22-13-10-16)11-8-17-6-4-14-23-17/h2-7,14,16H,8-13H2,1H3. The van der Waals surface area contributed by atoms with Crippen molar-refractivity contribution in [2.24, 2.45) is 0 Å². The monoisotopic (exact) mass is 329 g/mol. The number of amides is 1. The first-order valence-electron chi connectivity index (χ1n) is 8.22. The lowest BCUT2D eigenvalue weighted by Crippen LogP contribution is -2.44. The maximum Gasteiger partial charge on any atom is 0.254 e. The smallest absolute Gasteiger partial charge is 0.254 e. The predicted octanol–water partition coefficient (Wildman–Crippen LogP) is 3.92. The molecule has 0 radical (unpaired) electrons. The van der Waals surface area contributed by atoms with Gasteiger partial charge in [-0.1, -0.05) is 24.3 Å². The number of hydrogen-bond acceptors (Lipinski definition) is 3. The Bertz CT molecular complexity index is 633. The first kappa shape index (κ1) is 16.2. The summed E-state index contributed by atoms with van der Waals surface area (Å²) >= 11 is 1.76. The molecule has 23 heavy (non-hydrogen) atoms. The van der Waals surface area contributed by atoms with E-state index in [1.54, 1.807) is 11.3 Å². The van der Waals surface area contributed by atoms with E-state index in [2.05, 4.69) is 22.4 Å². The minimum atomic E-state index is 0.159. The van der Waals surface area contributed by atoms with E-state index in [0.717, 1.165) is 50.1 Å². The fourth-order valence-electron chi connectivity index (χ4n) is 3.10. The van der Waals surface area contributed by atoms with Crippen molar-refractivity contribution in [3.63, 3.8) is 0 Å². The van der Waals surface area contributed by atoms with Crippen LogP contribution in [0.15, 0.2) is 41.8 Å². The zero-order valence-corrected chi connectivity index (χ0v) is 14.3. The molecule has 1 amide bonds. The van der Waals surface area contributed by atoms with Crippen LogP contribution in [0.3, 0.4) is 0 Å². The van der Waals surface area contributed by atoms with Crippen LogP contribution in [-0.2, 0) is 11.2 Å².